The zero-order chi connectivity index (χ0) is 20.9. The van der Waals surface area contributed by atoms with Gasteiger partial charge in [-0.05, 0) is 23.8 Å². The lowest BCUT2D eigenvalue weighted by Crippen LogP contribution is -2.43. The largest absolute Gasteiger partial charge is 0.395 e. The first-order valence-electron chi connectivity index (χ1n) is 9.72. The molecule has 1 aliphatic rings. The van der Waals surface area contributed by atoms with Crippen molar-refractivity contribution in [3.63, 3.8) is 0 Å². The quantitative estimate of drug-likeness (QED) is 0.620. The molecule has 0 aliphatic carbocycles. The fraction of sp³-hybridized carbons (Fsp3) is 0.333. The molecule has 0 unspecified atom stereocenters. The Hall–Kier alpha value is -2.88. The van der Waals surface area contributed by atoms with Crippen LogP contribution >= 0.6 is 11.3 Å². The molecular weight excluding hydrogens is 404 g/mol. The summed E-state index contributed by atoms with van der Waals surface area (Å²) in [5, 5.41) is 12.6. The molecule has 2 amide bonds. The lowest BCUT2D eigenvalue weighted by atomic mass is 10.0. The second kappa shape index (κ2) is 9.29. The van der Waals surface area contributed by atoms with Crippen LogP contribution in [0.15, 0.2) is 42.9 Å². The highest BCUT2D eigenvalue weighted by atomic mass is 32.1. The van der Waals surface area contributed by atoms with Crippen LogP contribution < -0.4 is 5.32 Å². The van der Waals surface area contributed by atoms with Crippen molar-refractivity contribution >= 4 is 33.4 Å². The molecule has 1 atom stereocenters. The molecule has 1 aliphatic heterocycles. The van der Waals surface area contributed by atoms with Crippen molar-refractivity contribution in [3.05, 3.63) is 58.9 Å². The van der Waals surface area contributed by atoms with Gasteiger partial charge in [-0.3, -0.25) is 14.6 Å². The van der Waals surface area contributed by atoms with Gasteiger partial charge in [-0.2, -0.15) is 0 Å². The molecule has 9 heteroatoms. The van der Waals surface area contributed by atoms with Crippen LogP contribution in [0.4, 0.5) is 0 Å². The van der Waals surface area contributed by atoms with E-state index in [4.69, 9.17) is 9.84 Å². The molecule has 1 fully saturated rings. The Morgan fingerprint density at radius 3 is 2.90 bits per heavy atom. The smallest absolute Gasteiger partial charge is 0.261 e. The Kier molecular flexibility index (Phi) is 6.32. The molecule has 0 radical (unpaired) electrons. The highest BCUT2D eigenvalue weighted by Crippen LogP contribution is 2.37. The van der Waals surface area contributed by atoms with Crippen molar-refractivity contribution in [3.8, 4) is 0 Å². The number of aliphatic hydroxyl groups is 1. The molecule has 3 aromatic heterocycles. The van der Waals surface area contributed by atoms with Gasteiger partial charge in [-0.1, -0.05) is 6.07 Å². The zero-order valence-corrected chi connectivity index (χ0v) is 17.1. The summed E-state index contributed by atoms with van der Waals surface area (Å²) in [7, 11) is 0. The maximum Gasteiger partial charge on any atom is 0.261 e. The SMILES string of the molecule is O=C(NCCO)c1sc2ncccc2c1[C@@H]1CN(C(=O)Cc2ccncc2)CCO1. The number of carbonyl (C=O) groups excluding carboxylic acids is 2. The molecule has 3 aromatic rings. The summed E-state index contributed by atoms with van der Waals surface area (Å²) in [5.74, 6) is -0.260. The van der Waals surface area contributed by atoms with Crippen LogP contribution in [0.25, 0.3) is 10.2 Å². The van der Waals surface area contributed by atoms with Crippen LogP contribution in [0.2, 0.25) is 0 Å². The predicted molar refractivity (Wildman–Crippen MR) is 112 cm³/mol. The zero-order valence-electron chi connectivity index (χ0n) is 16.3. The highest BCUT2D eigenvalue weighted by molar-refractivity contribution is 7.20. The minimum Gasteiger partial charge on any atom is -0.395 e. The van der Waals surface area contributed by atoms with Crippen molar-refractivity contribution in [1.82, 2.24) is 20.2 Å². The van der Waals surface area contributed by atoms with E-state index in [1.807, 2.05) is 24.3 Å². The average Bonchev–Trinajstić information content (AvgIpc) is 3.18. The van der Waals surface area contributed by atoms with Gasteiger partial charge in [0.25, 0.3) is 5.91 Å². The van der Waals surface area contributed by atoms with E-state index in [0.29, 0.717) is 31.0 Å². The van der Waals surface area contributed by atoms with Gasteiger partial charge in [0.2, 0.25) is 5.91 Å². The monoisotopic (exact) mass is 426 g/mol. The van der Waals surface area contributed by atoms with Gasteiger partial charge in [0.1, 0.15) is 15.8 Å². The van der Waals surface area contributed by atoms with E-state index in [2.05, 4.69) is 15.3 Å². The molecule has 0 aromatic carbocycles. The first-order chi connectivity index (χ1) is 14.7. The van der Waals surface area contributed by atoms with Crippen molar-refractivity contribution in [1.29, 1.82) is 0 Å². The second-order valence-electron chi connectivity index (χ2n) is 6.91. The summed E-state index contributed by atoms with van der Waals surface area (Å²) in [5.41, 5.74) is 1.66. The third-order valence-electron chi connectivity index (χ3n) is 4.95. The molecule has 2 N–H and O–H groups in total. The number of amides is 2. The lowest BCUT2D eigenvalue weighted by Gasteiger charge is -2.33. The maximum atomic E-state index is 12.8. The number of hydrogen-bond donors (Lipinski definition) is 2. The first-order valence-corrected chi connectivity index (χ1v) is 10.5. The summed E-state index contributed by atoms with van der Waals surface area (Å²) >= 11 is 1.29. The number of aromatic nitrogens is 2. The van der Waals surface area contributed by atoms with Crippen LogP contribution in [0.3, 0.4) is 0 Å². The number of hydrogen-bond acceptors (Lipinski definition) is 7. The molecule has 4 rings (SSSR count). The number of carbonyl (C=O) groups is 2. The molecular formula is C21H22N4O4S. The van der Waals surface area contributed by atoms with Gasteiger partial charge in [0, 0.05) is 42.6 Å². The van der Waals surface area contributed by atoms with Gasteiger partial charge in [-0.15, -0.1) is 11.3 Å². The van der Waals surface area contributed by atoms with Gasteiger partial charge >= 0.3 is 0 Å². The Morgan fingerprint density at radius 1 is 1.27 bits per heavy atom. The van der Waals surface area contributed by atoms with E-state index in [1.165, 1.54) is 11.3 Å². The molecule has 30 heavy (non-hydrogen) atoms. The van der Waals surface area contributed by atoms with Crippen molar-refractivity contribution in [2.45, 2.75) is 12.5 Å². The third kappa shape index (κ3) is 4.33. The average molecular weight is 426 g/mol. The molecule has 4 heterocycles. The topological polar surface area (TPSA) is 105 Å². The third-order valence-corrected chi connectivity index (χ3v) is 6.08. The number of nitrogens with zero attached hydrogens (tertiary/aromatic N) is 3. The van der Waals surface area contributed by atoms with Gasteiger partial charge in [0.05, 0.1) is 26.2 Å². The number of ether oxygens (including phenoxy) is 1. The van der Waals surface area contributed by atoms with E-state index < -0.39 is 6.10 Å². The normalized spacial score (nSPS) is 16.6. The first kappa shape index (κ1) is 20.4. The Balaban J connectivity index is 1.59. The molecule has 8 nitrogen and oxygen atoms in total. The Labute approximate surface area is 177 Å². The second-order valence-corrected chi connectivity index (χ2v) is 7.91. The standard InChI is InChI=1S/C21H22N4O4S/c26-10-8-23-20(28)19-18(15-2-1-5-24-21(15)30-19)16-13-25(9-11-29-16)17(27)12-14-3-6-22-7-4-14/h1-7,16,26H,8-13H2,(H,23,28)/t16-/m0/s1. The van der Waals surface area contributed by atoms with Crippen LogP contribution in [-0.4, -0.2) is 64.6 Å². The van der Waals surface area contributed by atoms with Crippen LogP contribution in [-0.2, 0) is 16.0 Å². The number of morpholine rings is 1. The van der Waals surface area contributed by atoms with E-state index in [1.54, 1.807) is 23.5 Å². The van der Waals surface area contributed by atoms with Crippen LogP contribution in [0.5, 0.6) is 0 Å². The number of pyridine rings is 2. The summed E-state index contributed by atoms with van der Waals surface area (Å²) < 4.78 is 6.00. The molecule has 156 valence electrons. The van der Waals surface area contributed by atoms with Crippen LogP contribution in [0.1, 0.15) is 26.9 Å². The maximum absolute atomic E-state index is 12.8. The van der Waals surface area contributed by atoms with Crippen molar-refractivity contribution in [2.75, 3.05) is 32.8 Å². The van der Waals surface area contributed by atoms with E-state index >= 15 is 0 Å². The fourth-order valence-electron chi connectivity index (χ4n) is 3.53. The lowest BCUT2D eigenvalue weighted by molar-refractivity contribution is -0.138. The highest BCUT2D eigenvalue weighted by Gasteiger charge is 2.31. The van der Waals surface area contributed by atoms with Crippen molar-refractivity contribution < 1.29 is 19.4 Å². The summed E-state index contributed by atoms with van der Waals surface area (Å²) in [4.78, 5) is 36.9. The minimum absolute atomic E-state index is 0.0124. The Bertz CT molecular complexity index is 1040. The van der Waals surface area contributed by atoms with Crippen molar-refractivity contribution in [2.24, 2.45) is 0 Å². The molecule has 0 bridgehead atoms. The van der Waals surface area contributed by atoms with E-state index in [0.717, 1.165) is 21.3 Å². The van der Waals surface area contributed by atoms with Gasteiger partial charge < -0.3 is 20.1 Å². The van der Waals surface area contributed by atoms with E-state index in [-0.39, 0.29) is 25.0 Å². The number of rotatable bonds is 6. The number of aliphatic hydroxyl groups excluding tert-OH is 1. The summed E-state index contributed by atoms with van der Waals surface area (Å²) in [6.07, 6.45) is 4.90. The Morgan fingerprint density at radius 2 is 2.10 bits per heavy atom. The summed E-state index contributed by atoms with van der Waals surface area (Å²) in [6.45, 7) is 1.29. The summed E-state index contributed by atoms with van der Waals surface area (Å²) in [6, 6.07) is 7.40. The van der Waals surface area contributed by atoms with E-state index in [9.17, 15) is 9.59 Å². The number of fused-ring (bicyclic) bond motifs is 1. The minimum atomic E-state index is -0.423. The molecule has 1 saturated heterocycles. The van der Waals surface area contributed by atoms with Gasteiger partial charge in [-0.25, -0.2) is 4.98 Å². The molecule has 0 saturated carbocycles. The number of nitrogens with one attached hydrogen (secondary N) is 1. The van der Waals surface area contributed by atoms with Crippen LogP contribution in [0, 0.1) is 0 Å². The number of thiophene rings is 1. The van der Waals surface area contributed by atoms with Gasteiger partial charge in [0.15, 0.2) is 0 Å². The fourth-order valence-corrected chi connectivity index (χ4v) is 4.64. The predicted octanol–water partition coefficient (Wildman–Crippen LogP) is 1.56. The molecule has 0 spiro atoms.